The first-order valence-corrected chi connectivity index (χ1v) is 7.64. The minimum atomic E-state index is -3.66. The first-order valence-electron chi connectivity index (χ1n) is 4.54. The van der Waals surface area contributed by atoms with Crippen LogP contribution in [0.25, 0.3) is 0 Å². The summed E-state index contributed by atoms with van der Waals surface area (Å²) in [7, 11) is 1.71. The molecule has 0 heterocycles. The molecule has 2 nitrogen and oxygen atoms in total. The summed E-state index contributed by atoms with van der Waals surface area (Å²) in [6, 6.07) is 5.16. The molecule has 0 atom stereocenters. The molecule has 1 aromatic rings. The Morgan fingerprint density at radius 2 is 2.00 bits per heavy atom. The van der Waals surface area contributed by atoms with Gasteiger partial charge < -0.3 is 0 Å². The molecule has 0 aliphatic heterocycles. The van der Waals surface area contributed by atoms with Crippen LogP contribution in [0, 0.1) is 5.92 Å². The van der Waals surface area contributed by atoms with E-state index >= 15 is 0 Å². The van der Waals surface area contributed by atoms with Crippen molar-refractivity contribution in [3.63, 3.8) is 0 Å². The Labute approximate surface area is 103 Å². The SMILES string of the molecule is CC(C)Cc1ccc(Br)cc1S(=O)(=O)Cl. The van der Waals surface area contributed by atoms with Crippen LogP contribution in [0.15, 0.2) is 27.6 Å². The van der Waals surface area contributed by atoms with Crippen LogP contribution in [0.3, 0.4) is 0 Å². The topological polar surface area (TPSA) is 34.1 Å². The number of halogens is 2. The molecule has 0 aromatic heterocycles. The smallest absolute Gasteiger partial charge is 0.207 e. The van der Waals surface area contributed by atoms with Crippen molar-refractivity contribution < 1.29 is 8.42 Å². The molecule has 1 aromatic carbocycles. The normalized spacial score (nSPS) is 12.1. The van der Waals surface area contributed by atoms with Gasteiger partial charge >= 0.3 is 0 Å². The van der Waals surface area contributed by atoms with Crippen LogP contribution >= 0.6 is 26.6 Å². The lowest BCUT2D eigenvalue weighted by atomic mass is 10.0. The number of rotatable bonds is 3. The van der Waals surface area contributed by atoms with E-state index in [1.165, 1.54) is 0 Å². The Morgan fingerprint density at radius 3 is 2.47 bits per heavy atom. The van der Waals surface area contributed by atoms with Gasteiger partial charge in [-0.15, -0.1) is 0 Å². The lowest BCUT2D eigenvalue weighted by molar-refractivity contribution is 0.603. The van der Waals surface area contributed by atoms with Crippen LogP contribution in [0.5, 0.6) is 0 Å². The molecule has 0 radical (unpaired) electrons. The molecular formula is C10H12BrClO2S. The summed E-state index contributed by atoms with van der Waals surface area (Å²) < 4.78 is 23.4. The van der Waals surface area contributed by atoms with E-state index in [0.29, 0.717) is 16.8 Å². The highest BCUT2D eigenvalue weighted by atomic mass is 79.9. The summed E-state index contributed by atoms with van der Waals surface area (Å²) >= 11 is 3.23. The third kappa shape index (κ3) is 3.78. The zero-order valence-corrected chi connectivity index (χ0v) is 11.7. The summed E-state index contributed by atoms with van der Waals surface area (Å²) in [6.07, 6.45) is 0.703. The molecule has 0 unspecified atom stereocenters. The summed E-state index contributed by atoms with van der Waals surface area (Å²) in [5.74, 6) is 0.392. The summed E-state index contributed by atoms with van der Waals surface area (Å²) in [4.78, 5) is 0.201. The van der Waals surface area contributed by atoms with E-state index in [9.17, 15) is 8.42 Å². The molecule has 0 saturated heterocycles. The summed E-state index contributed by atoms with van der Waals surface area (Å²) in [5, 5.41) is 0. The summed E-state index contributed by atoms with van der Waals surface area (Å²) in [6.45, 7) is 4.07. The van der Waals surface area contributed by atoms with Gasteiger partial charge in [0.1, 0.15) is 0 Å². The molecule has 5 heteroatoms. The molecule has 0 fully saturated rings. The Bertz CT molecular complexity index is 454. The summed E-state index contributed by atoms with van der Waals surface area (Å²) in [5.41, 5.74) is 0.767. The van der Waals surface area contributed by atoms with Gasteiger partial charge in [0.05, 0.1) is 4.90 Å². The standard InChI is InChI=1S/C10H12BrClO2S/c1-7(2)5-8-3-4-9(11)6-10(8)15(12,13)14/h3-4,6-7H,5H2,1-2H3. The van der Waals surface area contributed by atoms with Crippen LogP contribution in [0.2, 0.25) is 0 Å². The number of hydrogen-bond donors (Lipinski definition) is 0. The van der Waals surface area contributed by atoms with Gasteiger partial charge in [-0.3, -0.25) is 0 Å². The molecule has 0 aliphatic rings. The molecule has 0 bridgehead atoms. The molecular weight excluding hydrogens is 300 g/mol. The monoisotopic (exact) mass is 310 g/mol. The molecule has 0 spiro atoms. The average Bonchev–Trinajstić information content (AvgIpc) is 2.05. The highest BCUT2D eigenvalue weighted by Crippen LogP contribution is 2.26. The van der Waals surface area contributed by atoms with Crippen molar-refractivity contribution in [2.75, 3.05) is 0 Å². The second-order valence-corrected chi connectivity index (χ2v) is 7.24. The third-order valence-electron chi connectivity index (χ3n) is 1.92. The number of hydrogen-bond acceptors (Lipinski definition) is 2. The fraction of sp³-hybridized carbons (Fsp3) is 0.400. The highest BCUT2D eigenvalue weighted by molar-refractivity contribution is 9.10. The third-order valence-corrected chi connectivity index (χ3v) is 3.82. The van der Waals surface area contributed by atoms with E-state index in [0.717, 1.165) is 5.56 Å². The van der Waals surface area contributed by atoms with E-state index in [1.54, 1.807) is 12.1 Å². The molecule has 15 heavy (non-hydrogen) atoms. The van der Waals surface area contributed by atoms with E-state index in [1.807, 2.05) is 19.9 Å². The zero-order chi connectivity index (χ0) is 11.6. The van der Waals surface area contributed by atoms with Gasteiger partial charge in [0, 0.05) is 15.2 Å². The van der Waals surface area contributed by atoms with Gasteiger partial charge in [0.25, 0.3) is 9.05 Å². The van der Waals surface area contributed by atoms with Gasteiger partial charge in [-0.1, -0.05) is 35.8 Å². The van der Waals surface area contributed by atoms with Crippen LogP contribution in [0.1, 0.15) is 19.4 Å². The lowest BCUT2D eigenvalue weighted by Gasteiger charge is -2.09. The Balaban J connectivity index is 3.27. The van der Waals surface area contributed by atoms with Crippen molar-refractivity contribution >= 4 is 35.7 Å². The van der Waals surface area contributed by atoms with Crippen molar-refractivity contribution in [2.45, 2.75) is 25.2 Å². The molecule has 0 N–H and O–H groups in total. The molecule has 84 valence electrons. The Hall–Kier alpha value is -0.0600. The quantitative estimate of drug-likeness (QED) is 0.800. The van der Waals surface area contributed by atoms with Crippen LogP contribution in [-0.2, 0) is 15.5 Å². The average molecular weight is 312 g/mol. The maximum absolute atomic E-state index is 11.3. The van der Waals surface area contributed by atoms with Crippen molar-refractivity contribution in [1.82, 2.24) is 0 Å². The predicted octanol–water partition coefficient (Wildman–Crippen LogP) is 3.58. The van der Waals surface area contributed by atoms with Gasteiger partial charge in [-0.2, -0.15) is 0 Å². The van der Waals surface area contributed by atoms with Crippen molar-refractivity contribution in [3.05, 3.63) is 28.2 Å². The van der Waals surface area contributed by atoms with Crippen molar-refractivity contribution in [2.24, 2.45) is 5.92 Å². The first kappa shape index (κ1) is 13.0. The Kier molecular flexibility index (Phi) is 4.20. The van der Waals surface area contributed by atoms with Gasteiger partial charge in [-0.05, 0) is 30.0 Å². The molecule has 1 rings (SSSR count). The largest absolute Gasteiger partial charge is 0.261 e. The Morgan fingerprint density at radius 1 is 1.40 bits per heavy atom. The van der Waals surface area contributed by atoms with Crippen LogP contribution in [0.4, 0.5) is 0 Å². The second kappa shape index (κ2) is 4.85. The van der Waals surface area contributed by atoms with E-state index < -0.39 is 9.05 Å². The highest BCUT2D eigenvalue weighted by Gasteiger charge is 2.16. The fourth-order valence-electron chi connectivity index (χ4n) is 1.36. The fourth-order valence-corrected chi connectivity index (χ4v) is 3.04. The first-order chi connectivity index (χ1) is 6.80. The van der Waals surface area contributed by atoms with Crippen LogP contribution in [-0.4, -0.2) is 8.42 Å². The minimum absolute atomic E-state index is 0.201. The van der Waals surface area contributed by atoms with E-state index in [2.05, 4.69) is 15.9 Å². The molecule has 0 saturated carbocycles. The molecule has 0 amide bonds. The van der Waals surface area contributed by atoms with Gasteiger partial charge in [0.2, 0.25) is 0 Å². The van der Waals surface area contributed by atoms with E-state index in [-0.39, 0.29) is 4.90 Å². The minimum Gasteiger partial charge on any atom is -0.207 e. The maximum Gasteiger partial charge on any atom is 0.261 e. The zero-order valence-electron chi connectivity index (χ0n) is 8.50. The molecule has 0 aliphatic carbocycles. The lowest BCUT2D eigenvalue weighted by Crippen LogP contribution is -2.02. The second-order valence-electron chi connectivity index (χ2n) is 3.79. The van der Waals surface area contributed by atoms with Crippen molar-refractivity contribution in [1.29, 1.82) is 0 Å². The van der Waals surface area contributed by atoms with Crippen LogP contribution < -0.4 is 0 Å². The van der Waals surface area contributed by atoms with Crippen molar-refractivity contribution in [3.8, 4) is 0 Å². The predicted molar refractivity (Wildman–Crippen MR) is 65.7 cm³/mol. The van der Waals surface area contributed by atoms with E-state index in [4.69, 9.17) is 10.7 Å². The van der Waals surface area contributed by atoms with Gasteiger partial charge in [-0.25, -0.2) is 8.42 Å². The van der Waals surface area contributed by atoms with Gasteiger partial charge in [0.15, 0.2) is 0 Å². The number of benzene rings is 1. The maximum atomic E-state index is 11.3.